The van der Waals surface area contributed by atoms with Gasteiger partial charge in [0.2, 0.25) is 0 Å². The summed E-state index contributed by atoms with van der Waals surface area (Å²) in [6, 6.07) is -0.713. The van der Waals surface area contributed by atoms with E-state index in [1.54, 1.807) is 13.8 Å². The van der Waals surface area contributed by atoms with Gasteiger partial charge in [-0.05, 0) is 18.3 Å². The van der Waals surface area contributed by atoms with Gasteiger partial charge in [-0.25, -0.2) is 0 Å². The zero-order valence-electron chi connectivity index (χ0n) is 11.0. The Morgan fingerprint density at radius 1 is 1.17 bits per heavy atom. The van der Waals surface area contributed by atoms with E-state index in [1.807, 2.05) is 13.8 Å². The summed E-state index contributed by atoms with van der Waals surface area (Å²) in [5.74, 6) is -0.987. The molecule has 0 aliphatic carbocycles. The molecule has 0 saturated carbocycles. The standard InChI is InChI=1S/C5H14BNO2.C5H11NO2.CH4/c1-4(2)3-5(7)6(8)9;1-3(2)4(6)5(7)8;/h4-5,8-9H,3,7H2,1-2H3;3-4H,6H2,1-2H3,(H,7,8);1H4/t5-;4-;/m00./s1. The van der Waals surface area contributed by atoms with Crippen molar-refractivity contribution in [2.75, 3.05) is 0 Å². The topological polar surface area (TPSA) is 130 Å². The minimum atomic E-state index is -1.37. The summed E-state index contributed by atoms with van der Waals surface area (Å²) in [4.78, 5) is 10.0. The molecule has 0 unspecified atom stereocenters. The van der Waals surface area contributed by atoms with Gasteiger partial charge in [0.25, 0.3) is 0 Å². The molecule has 0 amide bonds. The second-order valence-electron chi connectivity index (χ2n) is 4.82. The minimum absolute atomic E-state index is 0. The maximum atomic E-state index is 10.0. The van der Waals surface area contributed by atoms with Crippen LogP contribution in [0.15, 0.2) is 0 Å². The summed E-state index contributed by atoms with van der Waals surface area (Å²) < 4.78 is 0. The predicted octanol–water partition coefficient (Wildman–Crippen LogP) is 0.0622. The number of carboxylic acids is 1. The van der Waals surface area contributed by atoms with E-state index in [9.17, 15) is 4.79 Å². The van der Waals surface area contributed by atoms with Crippen molar-refractivity contribution in [2.24, 2.45) is 23.3 Å². The first-order valence-electron chi connectivity index (χ1n) is 5.69. The summed E-state index contributed by atoms with van der Waals surface area (Å²) in [7, 11) is -1.37. The van der Waals surface area contributed by atoms with Crippen LogP contribution in [0.2, 0.25) is 0 Å². The Balaban J connectivity index is -0.000000238. The molecule has 110 valence electrons. The van der Waals surface area contributed by atoms with Gasteiger partial charge in [-0.15, -0.1) is 0 Å². The Kier molecular flexibility index (Phi) is 14.4. The zero-order valence-corrected chi connectivity index (χ0v) is 11.0. The van der Waals surface area contributed by atoms with E-state index < -0.39 is 25.1 Å². The lowest BCUT2D eigenvalue weighted by Crippen LogP contribution is -2.39. The third-order valence-electron chi connectivity index (χ3n) is 2.13. The number of rotatable bonds is 5. The quantitative estimate of drug-likeness (QED) is 0.446. The van der Waals surface area contributed by atoms with Crippen LogP contribution in [0.25, 0.3) is 0 Å². The van der Waals surface area contributed by atoms with E-state index in [-0.39, 0.29) is 13.3 Å². The Hall–Kier alpha value is -0.625. The fraction of sp³-hybridized carbons (Fsp3) is 0.909. The van der Waals surface area contributed by atoms with Crippen LogP contribution in [0, 0.1) is 11.8 Å². The molecular weight excluding hydrogens is 235 g/mol. The molecule has 0 aromatic heterocycles. The van der Waals surface area contributed by atoms with Crippen molar-refractivity contribution in [1.82, 2.24) is 0 Å². The Morgan fingerprint density at radius 2 is 1.56 bits per heavy atom. The first-order chi connectivity index (χ1) is 7.59. The molecule has 0 radical (unpaired) electrons. The first kappa shape index (κ1) is 22.5. The number of hydrogen-bond donors (Lipinski definition) is 5. The number of aliphatic carboxylic acids is 1. The lowest BCUT2D eigenvalue weighted by atomic mass is 9.76. The summed E-state index contributed by atoms with van der Waals surface area (Å²) in [6.45, 7) is 7.53. The molecule has 0 spiro atoms. The van der Waals surface area contributed by atoms with Crippen LogP contribution >= 0.6 is 0 Å². The SMILES string of the molecule is C.CC(C)C[C@H](N)B(O)O.CC(C)[C@H](N)C(=O)O. The fourth-order valence-electron chi connectivity index (χ4n) is 0.951. The molecule has 18 heavy (non-hydrogen) atoms. The van der Waals surface area contributed by atoms with Crippen LogP contribution in [-0.2, 0) is 4.79 Å². The van der Waals surface area contributed by atoms with E-state index >= 15 is 0 Å². The summed E-state index contributed by atoms with van der Waals surface area (Å²) in [5, 5.41) is 25.2. The van der Waals surface area contributed by atoms with E-state index in [0.29, 0.717) is 12.3 Å². The van der Waals surface area contributed by atoms with Gasteiger partial charge in [0.15, 0.2) is 0 Å². The second-order valence-corrected chi connectivity index (χ2v) is 4.82. The van der Waals surface area contributed by atoms with Crippen molar-refractivity contribution in [2.45, 2.75) is 53.5 Å². The van der Waals surface area contributed by atoms with Gasteiger partial charge in [-0.2, -0.15) is 0 Å². The van der Waals surface area contributed by atoms with Crippen LogP contribution in [0.4, 0.5) is 0 Å². The molecule has 0 bridgehead atoms. The molecule has 2 atom stereocenters. The van der Waals surface area contributed by atoms with Crippen LogP contribution in [0.5, 0.6) is 0 Å². The molecule has 0 aliphatic heterocycles. The molecule has 0 aromatic carbocycles. The predicted molar refractivity (Wildman–Crippen MR) is 74.8 cm³/mol. The van der Waals surface area contributed by atoms with Gasteiger partial charge in [-0.3, -0.25) is 4.79 Å². The molecule has 7 N–H and O–H groups in total. The lowest BCUT2D eigenvalue weighted by molar-refractivity contribution is -0.139. The maximum Gasteiger partial charge on any atom is 0.469 e. The second kappa shape index (κ2) is 11.5. The van der Waals surface area contributed by atoms with Crippen molar-refractivity contribution in [1.29, 1.82) is 0 Å². The highest BCUT2D eigenvalue weighted by molar-refractivity contribution is 6.43. The molecule has 7 heteroatoms. The van der Waals surface area contributed by atoms with E-state index in [0.717, 1.165) is 0 Å². The van der Waals surface area contributed by atoms with Gasteiger partial charge in [0.1, 0.15) is 6.04 Å². The Bertz CT molecular complexity index is 213. The number of carboxylic acid groups (broad SMARTS) is 1. The summed E-state index contributed by atoms with van der Waals surface area (Å²) >= 11 is 0. The summed E-state index contributed by atoms with van der Waals surface area (Å²) in [6.07, 6.45) is 0.650. The average Bonchev–Trinajstić information content (AvgIpc) is 2.15. The average molecular weight is 264 g/mol. The Labute approximate surface area is 111 Å². The smallest absolute Gasteiger partial charge is 0.469 e. The molecule has 0 rings (SSSR count). The third-order valence-corrected chi connectivity index (χ3v) is 2.13. The minimum Gasteiger partial charge on any atom is -0.480 e. The van der Waals surface area contributed by atoms with Crippen LogP contribution < -0.4 is 11.5 Å². The van der Waals surface area contributed by atoms with Crippen molar-refractivity contribution >= 4 is 13.1 Å². The van der Waals surface area contributed by atoms with Gasteiger partial charge >= 0.3 is 13.1 Å². The van der Waals surface area contributed by atoms with Crippen molar-refractivity contribution in [3.63, 3.8) is 0 Å². The highest BCUT2D eigenvalue weighted by Gasteiger charge is 2.18. The van der Waals surface area contributed by atoms with Gasteiger partial charge in [-0.1, -0.05) is 35.1 Å². The van der Waals surface area contributed by atoms with Crippen molar-refractivity contribution < 1.29 is 19.9 Å². The molecule has 6 nitrogen and oxygen atoms in total. The zero-order chi connectivity index (χ0) is 14.2. The highest BCUT2D eigenvalue weighted by atomic mass is 16.4. The van der Waals surface area contributed by atoms with Crippen LogP contribution in [-0.4, -0.2) is 40.2 Å². The number of nitrogens with two attached hydrogens (primary N) is 2. The summed E-state index contributed by atoms with van der Waals surface area (Å²) in [5.41, 5.74) is 10.5. The number of hydrogen-bond acceptors (Lipinski definition) is 5. The normalized spacial score (nSPS) is 13.2. The van der Waals surface area contributed by atoms with E-state index in [1.165, 1.54) is 0 Å². The van der Waals surface area contributed by atoms with Gasteiger partial charge in [0.05, 0.1) is 0 Å². The van der Waals surface area contributed by atoms with E-state index in [4.69, 9.17) is 26.6 Å². The first-order valence-corrected chi connectivity index (χ1v) is 5.69. The van der Waals surface area contributed by atoms with Crippen molar-refractivity contribution in [3.8, 4) is 0 Å². The molecule has 0 aromatic rings. The largest absolute Gasteiger partial charge is 0.480 e. The van der Waals surface area contributed by atoms with Gasteiger partial charge in [0, 0.05) is 5.94 Å². The maximum absolute atomic E-state index is 10.0. The molecule has 0 heterocycles. The van der Waals surface area contributed by atoms with E-state index in [2.05, 4.69) is 0 Å². The van der Waals surface area contributed by atoms with Gasteiger partial charge < -0.3 is 26.6 Å². The van der Waals surface area contributed by atoms with Crippen LogP contribution in [0.3, 0.4) is 0 Å². The monoisotopic (exact) mass is 264 g/mol. The third kappa shape index (κ3) is 13.4. The lowest BCUT2D eigenvalue weighted by Gasteiger charge is -2.11. The molecule has 0 aliphatic rings. The van der Waals surface area contributed by atoms with Crippen molar-refractivity contribution in [3.05, 3.63) is 0 Å². The number of carbonyl (C=O) groups is 1. The highest BCUT2D eigenvalue weighted by Crippen LogP contribution is 2.02. The van der Waals surface area contributed by atoms with Crippen LogP contribution in [0.1, 0.15) is 41.5 Å². The molecule has 0 saturated heterocycles. The fourth-order valence-corrected chi connectivity index (χ4v) is 0.951. The Morgan fingerprint density at radius 3 is 1.61 bits per heavy atom. The molecule has 0 fully saturated rings. The molecular formula is C11H29BN2O4.